The summed E-state index contributed by atoms with van der Waals surface area (Å²) in [5, 5.41) is 3.09. The maximum atomic E-state index is 12.2. The number of carbonyl (C=O) groups excluding carboxylic acids is 2. The van der Waals surface area contributed by atoms with E-state index in [2.05, 4.69) is 44.3 Å². The van der Waals surface area contributed by atoms with Crippen molar-refractivity contribution in [3.63, 3.8) is 0 Å². The van der Waals surface area contributed by atoms with E-state index in [9.17, 15) is 9.59 Å². The third-order valence-electron chi connectivity index (χ3n) is 7.18. The Bertz CT molecular complexity index is 822. The van der Waals surface area contributed by atoms with Crippen molar-refractivity contribution in [2.45, 2.75) is 116 Å². The molecule has 1 aliphatic carbocycles. The summed E-state index contributed by atoms with van der Waals surface area (Å²) < 4.78 is 17.2. The van der Waals surface area contributed by atoms with Crippen molar-refractivity contribution < 1.29 is 23.8 Å². The van der Waals surface area contributed by atoms with Gasteiger partial charge in [0.2, 0.25) is 5.91 Å². The molecule has 3 atom stereocenters. The molecule has 0 unspecified atom stereocenters. The van der Waals surface area contributed by atoms with Crippen molar-refractivity contribution in [1.29, 1.82) is 0 Å². The van der Waals surface area contributed by atoms with E-state index in [1.165, 1.54) is 11.6 Å². The summed E-state index contributed by atoms with van der Waals surface area (Å²) in [4.78, 5) is 23.9. The lowest BCUT2D eigenvalue weighted by molar-refractivity contribution is -0.150. The van der Waals surface area contributed by atoms with Gasteiger partial charge in [-0.2, -0.15) is 0 Å². The Morgan fingerprint density at radius 1 is 1.11 bits per heavy atom. The van der Waals surface area contributed by atoms with Gasteiger partial charge in [-0.25, -0.2) is 0 Å². The van der Waals surface area contributed by atoms with Gasteiger partial charge in [0.1, 0.15) is 6.10 Å². The Balaban J connectivity index is 1.35. The predicted octanol–water partition coefficient (Wildman–Crippen LogP) is 5.42. The van der Waals surface area contributed by atoms with E-state index in [0.717, 1.165) is 51.6 Å². The second kappa shape index (κ2) is 11.9. The van der Waals surface area contributed by atoms with Crippen LogP contribution in [0.2, 0.25) is 0 Å². The number of hydrogen-bond donors (Lipinski definition) is 1. The van der Waals surface area contributed by atoms with Crippen molar-refractivity contribution in [3.05, 3.63) is 36.0 Å². The highest BCUT2D eigenvalue weighted by atomic mass is 16.6. The fraction of sp³-hybridized carbons (Fsp3) is 0.724. The zero-order chi connectivity index (χ0) is 25.6. The minimum absolute atomic E-state index is 0.0526. The van der Waals surface area contributed by atoms with Crippen LogP contribution in [0.5, 0.6) is 0 Å². The average molecular weight is 488 g/mol. The zero-order valence-corrected chi connectivity index (χ0v) is 22.5. The molecule has 2 heterocycles. The Labute approximate surface area is 211 Å². The number of allylic oxidation sites excluding steroid dienone is 3. The summed E-state index contributed by atoms with van der Waals surface area (Å²) in [7, 11) is 0. The molecule has 3 aliphatic rings. The van der Waals surface area contributed by atoms with Gasteiger partial charge < -0.3 is 19.5 Å². The van der Waals surface area contributed by atoms with Crippen LogP contribution in [-0.4, -0.2) is 47.9 Å². The lowest BCUT2D eigenvalue weighted by Crippen LogP contribution is -2.43. The first-order chi connectivity index (χ1) is 16.5. The van der Waals surface area contributed by atoms with E-state index in [1.54, 1.807) is 26.8 Å². The summed E-state index contributed by atoms with van der Waals surface area (Å²) in [6.45, 7) is 12.7. The molecule has 1 N–H and O–H groups in total. The van der Waals surface area contributed by atoms with Gasteiger partial charge in [0, 0.05) is 25.0 Å². The van der Waals surface area contributed by atoms with E-state index < -0.39 is 6.10 Å². The van der Waals surface area contributed by atoms with Crippen LogP contribution < -0.4 is 5.32 Å². The number of epoxide rings is 1. The molecule has 0 aromatic rings. The van der Waals surface area contributed by atoms with Crippen LogP contribution in [0.25, 0.3) is 0 Å². The molecule has 2 saturated heterocycles. The highest BCUT2D eigenvalue weighted by Crippen LogP contribution is 2.46. The Morgan fingerprint density at radius 2 is 1.80 bits per heavy atom. The molecule has 0 bridgehead atoms. The molecule has 1 amide bonds. The Hall–Kier alpha value is -1.92. The third kappa shape index (κ3) is 9.23. The van der Waals surface area contributed by atoms with Crippen molar-refractivity contribution >= 4 is 11.9 Å². The van der Waals surface area contributed by atoms with Crippen molar-refractivity contribution in [3.8, 4) is 0 Å². The van der Waals surface area contributed by atoms with Crippen LogP contribution in [0.15, 0.2) is 36.0 Å². The van der Waals surface area contributed by atoms with Crippen molar-refractivity contribution in [2.24, 2.45) is 11.8 Å². The fourth-order valence-electron chi connectivity index (χ4n) is 5.19. The Kier molecular flexibility index (Phi) is 9.39. The van der Waals surface area contributed by atoms with Gasteiger partial charge in [0.05, 0.1) is 29.8 Å². The zero-order valence-electron chi connectivity index (χ0n) is 22.5. The first-order valence-electron chi connectivity index (χ1n) is 13.3. The second-order valence-corrected chi connectivity index (χ2v) is 11.7. The lowest BCUT2D eigenvalue weighted by Gasteiger charge is -2.38. The second-order valence-electron chi connectivity index (χ2n) is 11.7. The van der Waals surface area contributed by atoms with Crippen LogP contribution in [-0.2, 0) is 23.8 Å². The van der Waals surface area contributed by atoms with Crippen molar-refractivity contribution in [1.82, 2.24) is 5.32 Å². The number of carbonyl (C=O) groups is 2. The monoisotopic (exact) mass is 487 g/mol. The molecule has 0 radical (unpaired) electrons. The van der Waals surface area contributed by atoms with Gasteiger partial charge >= 0.3 is 5.97 Å². The first-order valence-corrected chi connectivity index (χ1v) is 13.3. The molecule has 196 valence electrons. The normalized spacial score (nSPS) is 31.7. The molecule has 6 heteroatoms. The molecule has 3 rings (SSSR count). The van der Waals surface area contributed by atoms with E-state index in [-0.39, 0.29) is 41.1 Å². The van der Waals surface area contributed by atoms with Gasteiger partial charge in [0.25, 0.3) is 0 Å². The maximum absolute atomic E-state index is 12.2. The summed E-state index contributed by atoms with van der Waals surface area (Å²) in [5.41, 5.74) is 1.19. The van der Waals surface area contributed by atoms with Gasteiger partial charge in [-0.05, 0) is 71.8 Å². The molecule has 1 spiro atoms. The van der Waals surface area contributed by atoms with E-state index >= 15 is 0 Å². The standard InChI is InChI=1S/C29H45NO5/c1-20(2)27(32)34-22(4)9-16-26(31)30-24-13-11-23(12-14-24)10-7-21(3)8-15-25-17-29(19-33-29)18-28(5,6)35-25/h7-9,15-16,20,22-25H,10-14,17-19H2,1-6H3,(H,30,31)/b15-8+,16-9-,21-7+/t22-,23?,24?,25+,29+/m0/s1. The number of esters is 1. The van der Waals surface area contributed by atoms with E-state index in [1.807, 2.05) is 0 Å². The molecule has 2 aliphatic heterocycles. The smallest absolute Gasteiger partial charge is 0.308 e. The highest BCUT2D eigenvalue weighted by molar-refractivity contribution is 5.87. The number of hydrogen-bond acceptors (Lipinski definition) is 5. The average Bonchev–Trinajstić information content (AvgIpc) is 3.51. The summed E-state index contributed by atoms with van der Waals surface area (Å²) in [6, 6.07) is 0.214. The SMILES string of the molecule is CC(/C=C/[C@@H]1C[C@]2(CO2)CC(C)(C)O1)=C\CC1CCC(NC(=O)/C=C\[C@H](C)OC(=O)C(C)C)CC1. The lowest BCUT2D eigenvalue weighted by atomic mass is 9.83. The predicted molar refractivity (Wildman–Crippen MR) is 138 cm³/mol. The number of amides is 1. The molecule has 35 heavy (non-hydrogen) atoms. The molecular formula is C29H45NO5. The molecule has 3 fully saturated rings. The van der Waals surface area contributed by atoms with Gasteiger partial charge in [0.15, 0.2) is 0 Å². The number of ether oxygens (including phenoxy) is 3. The van der Waals surface area contributed by atoms with Crippen LogP contribution in [0.1, 0.15) is 86.5 Å². The van der Waals surface area contributed by atoms with Crippen molar-refractivity contribution in [2.75, 3.05) is 6.61 Å². The van der Waals surface area contributed by atoms with Gasteiger partial charge in [-0.3, -0.25) is 9.59 Å². The van der Waals surface area contributed by atoms with Crippen LogP contribution in [0.4, 0.5) is 0 Å². The van der Waals surface area contributed by atoms with E-state index in [4.69, 9.17) is 14.2 Å². The molecule has 6 nitrogen and oxygen atoms in total. The molecule has 0 aromatic carbocycles. The largest absolute Gasteiger partial charge is 0.458 e. The topological polar surface area (TPSA) is 77.2 Å². The molecule has 1 saturated carbocycles. The van der Waals surface area contributed by atoms with Gasteiger partial charge in [-0.15, -0.1) is 0 Å². The fourth-order valence-corrected chi connectivity index (χ4v) is 5.19. The van der Waals surface area contributed by atoms with Crippen LogP contribution in [0, 0.1) is 11.8 Å². The summed E-state index contributed by atoms with van der Waals surface area (Å²) in [5.74, 6) is 0.111. The summed E-state index contributed by atoms with van der Waals surface area (Å²) >= 11 is 0. The molecular weight excluding hydrogens is 442 g/mol. The Morgan fingerprint density at radius 3 is 2.43 bits per heavy atom. The van der Waals surface area contributed by atoms with E-state index in [0.29, 0.717) is 5.92 Å². The number of nitrogens with one attached hydrogen (secondary N) is 1. The van der Waals surface area contributed by atoms with Gasteiger partial charge in [-0.1, -0.05) is 37.6 Å². The first kappa shape index (κ1) is 27.7. The third-order valence-corrected chi connectivity index (χ3v) is 7.18. The highest BCUT2D eigenvalue weighted by Gasteiger charge is 2.53. The summed E-state index contributed by atoms with van der Waals surface area (Å²) in [6.07, 6.45) is 16.8. The number of rotatable bonds is 9. The molecule has 0 aromatic heterocycles. The minimum atomic E-state index is -0.408. The minimum Gasteiger partial charge on any atom is -0.458 e. The maximum Gasteiger partial charge on any atom is 0.308 e. The van der Waals surface area contributed by atoms with Crippen LogP contribution >= 0.6 is 0 Å². The van der Waals surface area contributed by atoms with Crippen LogP contribution in [0.3, 0.4) is 0 Å². The quantitative estimate of drug-likeness (QED) is 0.203.